The molecular weight excluding hydrogens is 276 g/mol. The molecule has 0 spiro atoms. The Hall–Kier alpha value is -1.54. The van der Waals surface area contributed by atoms with Crippen LogP contribution in [0.2, 0.25) is 0 Å². The van der Waals surface area contributed by atoms with Gasteiger partial charge in [-0.2, -0.15) is 0 Å². The molecule has 0 saturated heterocycles. The Balaban J connectivity index is 1.88. The summed E-state index contributed by atoms with van der Waals surface area (Å²) in [5, 5.41) is 0.226. The van der Waals surface area contributed by atoms with Crippen molar-refractivity contribution >= 4 is 16.9 Å². The van der Waals surface area contributed by atoms with E-state index in [1.54, 1.807) is 6.92 Å². The van der Waals surface area contributed by atoms with Crippen molar-refractivity contribution in [3.05, 3.63) is 60.2 Å². The van der Waals surface area contributed by atoms with Crippen molar-refractivity contribution in [2.45, 2.75) is 32.6 Å². The van der Waals surface area contributed by atoms with Gasteiger partial charge in [0, 0.05) is 12.7 Å². The van der Waals surface area contributed by atoms with Crippen LogP contribution in [-0.4, -0.2) is 10.9 Å². The molecular formula is C19H22OS. The van der Waals surface area contributed by atoms with Gasteiger partial charge in [0.15, 0.2) is 5.12 Å². The van der Waals surface area contributed by atoms with Gasteiger partial charge in [0.2, 0.25) is 0 Å². The number of benzene rings is 2. The summed E-state index contributed by atoms with van der Waals surface area (Å²) in [6.07, 6.45) is 4.60. The quantitative estimate of drug-likeness (QED) is 0.641. The zero-order chi connectivity index (χ0) is 14.9. The van der Waals surface area contributed by atoms with Crippen LogP contribution in [0.15, 0.2) is 54.6 Å². The molecule has 0 aliphatic carbocycles. The molecule has 0 fully saturated rings. The fourth-order valence-electron chi connectivity index (χ4n) is 2.45. The van der Waals surface area contributed by atoms with Crippen LogP contribution >= 0.6 is 11.8 Å². The van der Waals surface area contributed by atoms with Gasteiger partial charge in [0.1, 0.15) is 0 Å². The third-order valence-corrected chi connectivity index (χ3v) is 4.40. The number of hydrogen-bond acceptors (Lipinski definition) is 2. The van der Waals surface area contributed by atoms with Crippen molar-refractivity contribution in [3.8, 4) is 11.1 Å². The monoisotopic (exact) mass is 298 g/mol. The average Bonchev–Trinajstić information content (AvgIpc) is 2.52. The Morgan fingerprint density at radius 2 is 1.62 bits per heavy atom. The molecule has 110 valence electrons. The number of hydrogen-bond donors (Lipinski definition) is 0. The molecule has 0 saturated carbocycles. The topological polar surface area (TPSA) is 17.1 Å². The van der Waals surface area contributed by atoms with Gasteiger partial charge in [0.05, 0.1) is 0 Å². The number of carbonyl (C=O) groups is 1. The second-order valence-corrected chi connectivity index (χ2v) is 6.45. The van der Waals surface area contributed by atoms with Gasteiger partial charge in [-0.15, -0.1) is 0 Å². The Bertz CT molecular complexity index is 563. The fourth-order valence-corrected chi connectivity index (χ4v) is 3.08. The van der Waals surface area contributed by atoms with Crippen molar-refractivity contribution in [1.29, 1.82) is 0 Å². The van der Waals surface area contributed by atoms with E-state index < -0.39 is 0 Å². The van der Waals surface area contributed by atoms with Gasteiger partial charge in [-0.1, -0.05) is 72.8 Å². The lowest BCUT2D eigenvalue weighted by Gasteiger charge is -2.09. The average molecular weight is 298 g/mol. The SMILES string of the molecule is CC(=O)SCCCCCc1ccccc1-c1ccccc1. The highest BCUT2D eigenvalue weighted by Crippen LogP contribution is 2.24. The van der Waals surface area contributed by atoms with Crippen LogP contribution in [0.25, 0.3) is 11.1 Å². The Morgan fingerprint density at radius 3 is 2.38 bits per heavy atom. The molecule has 2 aromatic rings. The minimum Gasteiger partial charge on any atom is -0.288 e. The van der Waals surface area contributed by atoms with Crippen molar-refractivity contribution in [3.63, 3.8) is 0 Å². The zero-order valence-electron chi connectivity index (χ0n) is 12.5. The Morgan fingerprint density at radius 1 is 0.905 bits per heavy atom. The molecule has 0 aliphatic heterocycles. The van der Waals surface area contributed by atoms with E-state index in [-0.39, 0.29) is 5.12 Å². The number of unbranched alkanes of at least 4 members (excludes halogenated alkanes) is 2. The molecule has 1 nitrogen and oxygen atoms in total. The van der Waals surface area contributed by atoms with E-state index in [1.807, 2.05) is 0 Å². The molecule has 2 rings (SSSR count). The Labute approximate surface area is 131 Å². The highest BCUT2D eigenvalue weighted by atomic mass is 32.2. The van der Waals surface area contributed by atoms with Crippen LogP contribution in [-0.2, 0) is 11.2 Å². The van der Waals surface area contributed by atoms with Crippen LogP contribution < -0.4 is 0 Å². The van der Waals surface area contributed by atoms with Crippen molar-refractivity contribution in [2.24, 2.45) is 0 Å². The lowest BCUT2D eigenvalue weighted by atomic mass is 9.96. The van der Waals surface area contributed by atoms with Crippen LogP contribution in [0, 0.1) is 0 Å². The summed E-state index contributed by atoms with van der Waals surface area (Å²) in [6, 6.07) is 19.2. The summed E-state index contributed by atoms with van der Waals surface area (Å²) in [5.74, 6) is 0.954. The van der Waals surface area contributed by atoms with E-state index in [0.29, 0.717) is 0 Å². The molecule has 0 aromatic heterocycles. The van der Waals surface area contributed by atoms with Gasteiger partial charge in [0.25, 0.3) is 0 Å². The first-order chi connectivity index (χ1) is 10.3. The van der Waals surface area contributed by atoms with Crippen molar-refractivity contribution in [2.75, 3.05) is 5.75 Å². The largest absolute Gasteiger partial charge is 0.288 e. The minimum absolute atomic E-state index is 0.226. The van der Waals surface area contributed by atoms with Crippen LogP contribution in [0.3, 0.4) is 0 Å². The van der Waals surface area contributed by atoms with E-state index in [9.17, 15) is 4.79 Å². The molecule has 0 N–H and O–H groups in total. The van der Waals surface area contributed by atoms with Crippen molar-refractivity contribution in [1.82, 2.24) is 0 Å². The zero-order valence-corrected chi connectivity index (χ0v) is 13.4. The van der Waals surface area contributed by atoms with Gasteiger partial charge in [-0.3, -0.25) is 4.79 Å². The summed E-state index contributed by atoms with van der Waals surface area (Å²) >= 11 is 1.44. The standard InChI is InChI=1S/C19H22OS/c1-16(20)21-15-9-3-6-12-18-13-7-8-14-19(18)17-10-4-2-5-11-17/h2,4-5,7-8,10-11,13-14H,3,6,9,12,15H2,1H3. The first-order valence-corrected chi connectivity index (χ1v) is 8.52. The second-order valence-electron chi connectivity index (χ2n) is 5.17. The van der Waals surface area contributed by atoms with Crippen LogP contribution in [0.5, 0.6) is 0 Å². The third kappa shape index (κ3) is 5.39. The van der Waals surface area contributed by atoms with Gasteiger partial charge >= 0.3 is 0 Å². The van der Waals surface area contributed by atoms with E-state index in [2.05, 4.69) is 54.6 Å². The molecule has 0 heterocycles. The normalized spacial score (nSPS) is 10.5. The maximum atomic E-state index is 10.9. The molecule has 2 heteroatoms. The van der Waals surface area contributed by atoms with Gasteiger partial charge in [-0.25, -0.2) is 0 Å². The van der Waals surface area contributed by atoms with Crippen LogP contribution in [0.1, 0.15) is 31.7 Å². The highest BCUT2D eigenvalue weighted by Gasteiger charge is 2.04. The van der Waals surface area contributed by atoms with Crippen molar-refractivity contribution < 1.29 is 4.79 Å². The molecule has 0 radical (unpaired) electrons. The summed E-state index contributed by atoms with van der Waals surface area (Å²) in [6.45, 7) is 1.64. The number of aryl methyl sites for hydroxylation is 1. The lowest BCUT2D eigenvalue weighted by molar-refractivity contribution is -0.109. The molecule has 0 aliphatic rings. The van der Waals surface area contributed by atoms with Gasteiger partial charge < -0.3 is 0 Å². The predicted molar refractivity (Wildman–Crippen MR) is 92.6 cm³/mol. The first kappa shape index (κ1) is 15.8. The maximum absolute atomic E-state index is 10.9. The summed E-state index contributed by atoms with van der Waals surface area (Å²) in [4.78, 5) is 10.9. The Kier molecular flexibility index (Phi) is 6.55. The number of carbonyl (C=O) groups excluding carboxylic acids is 1. The van der Waals surface area contributed by atoms with E-state index in [0.717, 1.165) is 18.6 Å². The van der Waals surface area contributed by atoms with Crippen LogP contribution in [0.4, 0.5) is 0 Å². The smallest absolute Gasteiger partial charge is 0.185 e. The molecule has 0 bridgehead atoms. The second kappa shape index (κ2) is 8.68. The lowest BCUT2D eigenvalue weighted by Crippen LogP contribution is -1.92. The molecule has 21 heavy (non-hydrogen) atoms. The van der Waals surface area contributed by atoms with E-state index >= 15 is 0 Å². The summed E-state index contributed by atoms with van der Waals surface area (Å²) < 4.78 is 0. The number of thioether (sulfide) groups is 1. The van der Waals surface area contributed by atoms with Gasteiger partial charge in [-0.05, 0) is 36.0 Å². The highest BCUT2D eigenvalue weighted by molar-refractivity contribution is 8.13. The molecule has 0 atom stereocenters. The maximum Gasteiger partial charge on any atom is 0.185 e. The summed E-state index contributed by atoms with van der Waals surface area (Å²) in [7, 11) is 0. The minimum atomic E-state index is 0.226. The molecule has 2 aromatic carbocycles. The number of rotatable bonds is 7. The summed E-state index contributed by atoms with van der Waals surface area (Å²) in [5.41, 5.74) is 4.05. The molecule has 0 unspecified atom stereocenters. The first-order valence-electron chi connectivity index (χ1n) is 7.54. The van der Waals surface area contributed by atoms with E-state index in [4.69, 9.17) is 0 Å². The molecule has 0 amide bonds. The third-order valence-electron chi connectivity index (χ3n) is 3.50. The fraction of sp³-hybridized carbons (Fsp3) is 0.316. The predicted octanol–water partition coefficient (Wildman–Crippen LogP) is 5.35. The van der Waals surface area contributed by atoms with E-state index in [1.165, 1.54) is 41.3 Å².